The molecule has 1 fully saturated rings. The fraction of sp³-hybridized carbons (Fsp3) is 0.333. The van der Waals surface area contributed by atoms with E-state index < -0.39 is 0 Å². The van der Waals surface area contributed by atoms with Crippen molar-refractivity contribution in [2.24, 2.45) is 5.92 Å². The van der Waals surface area contributed by atoms with Gasteiger partial charge in [0, 0.05) is 36.9 Å². The van der Waals surface area contributed by atoms with Gasteiger partial charge in [0.15, 0.2) is 12.6 Å². The molecule has 146 valence electrons. The Labute approximate surface area is 163 Å². The molecule has 0 unspecified atom stereocenters. The van der Waals surface area contributed by atoms with E-state index in [9.17, 15) is 0 Å². The quantitative estimate of drug-likeness (QED) is 0.519. The van der Waals surface area contributed by atoms with Gasteiger partial charge in [0.05, 0.1) is 12.7 Å². The number of para-hydroxylation sites is 1. The molecule has 1 aromatic carbocycles. The Morgan fingerprint density at radius 2 is 1.89 bits per heavy atom. The molecule has 1 saturated carbocycles. The summed E-state index contributed by atoms with van der Waals surface area (Å²) in [6.07, 6.45) is 3.95. The monoisotopic (exact) mass is 382 g/mol. The smallest absolute Gasteiger partial charge is 0.256 e. The van der Waals surface area contributed by atoms with Crippen molar-refractivity contribution in [3.05, 3.63) is 54.7 Å². The summed E-state index contributed by atoms with van der Waals surface area (Å²) in [6, 6.07) is 15.3. The van der Waals surface area contributed by atoms with Crippen LogP contribution in [-0.4, -0.2) is 36.8 Å². The molecule has 0 bridgehead atoms. The molecule has 0 atom stereocenters. The van der Waals surface area contributed by atoms with Crippen LogP contribution in [0.25, 0.3) is 11.3 Å². The van der Waals surface area contributed by atoms with Crippen LogP contribution in [0.2, 0.25) is 0 Å². The number of pyridine rings is 1. The van der Waals surface area contributed by atoms with E-state index in [1.165, 1.54) is 0 Å². The molecule has 0 amide bonds. The number of rotatable bonds is 9. The van der Waals surface area contributed by atoms with Crippen LogP contribution in [0.1, 0.15) is 12.8 Å². The first-order valence-corrected chi connectivity index (χ1v) is 9.19. The largest absolute Gasteiger partial charge is 0.490 e. The lowest BCUT2D eigenvalue weighted by molar-refractivity contribution is 0.0376. The first-order valence-electron chi connectivity index (χ1n) is 9.19. The third-order valence-electron chi connectivity index (χ3n) is 4.54. The molecule has 28 heavy (non-hydrogen) atoms. The van der Waals surface area contributed by atoms with Gasteiger partial charge in [0.1, 0.15) is 5.75 Å². The summed E-state index contributed by atoms with van der Waals surface area (Å²) in [5, 5.41) is 3.82. The topological polar surface area (TPSA) is 75.8 Å². The normalized spacial score (nSPS) is 18.3. The van der Waals surface area contributed by atoms with E-state index in [0.29, 0.717) is 30.0 Å². The lowest BCUT2D eigenvalue weighted by Gasteiger charge is -2.35. The van der Waals surface area contributed by atoms with Gasteiger partial charge in [-0.2, -0.15) is 0 Å². The highest BCUT2D eigenvalue weighted by molar-refractivity contribution is 5.57. The van der Waals surface area contributed by atoms with Crippen LogP contribution in [0.5, 0.6) is 17.5 Å². The molecule has 7 nitrogen and oxygen atoms in total. The number of hydrogen-bond acceptors (Lipinski definition) is 7. The first kappa shape index (κ1) is 18.3. The second-order valence-electron chi connectivity index (χ2n) is 6.67. The second-order valence-corrected chi connectivity index (χ2v) is 6.67. The molecule has 4 rings (SSSR count). The standard InChI is InChI=1S/C21H22N2O5/c1-24-14-26-21-11-19(28-23-21)16-7-8-20(22-12-16)25-13-15-9-18(10-15)27-17-5-3-2-4-6-17/h2-8,11-12,15,18H,9-10,13-14H2,1H3. The second kappa shape index (κ2) is 8.75. The van der Waals surface area contributed by atoms with Crippen molar-refractivity contribution in [3.63, 3.8) is 0 Å². The van der Waals surface area contributed by atoms with Crippen LogP contribution < -0.4 is 14.2 Å². The highest BCUT2D eigenvalue weighted by atomic mass is 16.7. The maximum absolute atomic E-state index is 5.92. The van der Waals surface area contributed by atoms with E-state index in [1.807, 2.05) is 42.5 Å². The fourth-order valence-electron chi connectivity index (χ4n) is 3.00. The Bertz CT molecular complexity index is 860. The van der Waals surface area contributed by atoms with Crippen LogP contribution in [-0.2, 0) is 4.74 Å². The highest BCUT2D eigenvalue weighted by Crippen LogP contribution is 2.32. The van der Waals surface area contributed by atoms with Crippen molar-refractivity contribution in [1.29, 1.82) is 0 Å². The molecular formula is C21H22N2O5. The Morgan fingerprint density at radius 1 is 1.04 bits per heavy atom. The van der Waals surface area contributed by atoms with E-state index in [-0.39, 0.29) is 12.9 Å². The van der Waals surface area contributed by atoms with Gasteiger partial charge < -0.3 is 23.5 Å². The van der Waals surface area contributed by atoms with E-state index >= 15 is 0 Å². The number of methoxy groups -OCH3 is 1. The molecule has 0 N–H and O–H groups in total. The number of nitrogens with zero attached hydrogens (tertiary/aromatic N) is 2. The van der Waals surface area contributed by atoms with Gasteiger partial charge in [-0.05, 0) is 36.2 Å². The lowest BCUT2D eigenvalue weighted by atomic mass is 9.83. The van der Waals surface area contributed by atoms with Gasteiger partial charge in [0.25, 0.3) is 5.88 Å². The minimum atomic E-state index is 0.120. The van der Waals surface area contributed by atoms with Gasteiger partial charge in [-0.15, -0.1) is 0 Å². The van der Waals surface area contributed by atoms with Crippen LogP contribution >= 0.6 is 0 Å². The maximum Gasteiger partial charge on any atom is 0.256 e. The zero-order chi connectivity index (χ0) is 19.2. The molecule has 0 aliphatic heterocycles. The van der Waals surface area contributed by atoms with Crippen molar-refractivity contribution in [3.8, 4) is 28.8 Å². The van der Waals surface area contributed by atoms with E-state index in [2.05, 4.69) is 10.1 Å². The van der Waals surface area contributed by atoms with Crippen LogP contribution in [0, 0.1) is 5.92 Å². The molecule has 1 aliphatic carbocycles. The molecule has 7 heteroatoms. The van der Waals surface area contributed by atoms with Crippen molar-refractivity contribution < 1.29 is 23.5 Å². The summed E-state index contributed by atoms with van der Waals surface area (Å²) in [5.41, 5.74) is 0.798. The zero-order valence-corrected chi connectivity index (χ0v) is 15.6. The molecule has 0 spiro atoms. The zero-order valence-electron chi connectivity index (χ0n) is 15.6. The Morgan fingerprint density at radius 3 is 2.64 bits per heavy atom. The van der Waals surface area contributed by atoms with Crippen molar-refractivity contribution >= 4 is 0 Å². The average molecular weight is 382 g/mol. The summed E-state index contributed by atoms with van der Waals surface area (Å²) in [6.45, 7) is 0.758. The van der Waals surface area contributed by atoms with E-state index in [1.54, 1.807) is 19.4 Å². The molecule has 3 aromatic rings. The average Bonchev–Trinajstić information content (AvgIpc) is 3.18. The predicted octanol–water partition coefficient (Wildman–Crippen LogP) is 3.96. The Kier molecular flexibility index (Phi) is 5.72. The number of benzene rings is 1. The lowest BCUT2D eigenvalue weighted by Crippen LogP contribution is -2.37. The van der Waals surface area contributed by atoms with Crippen molar-refractivity contribution in [2.75, 3.05) is 20.5 Å². The minimum absolute atomic E-state index is 0.120. The molecule has 2 heterocycles. The molecule has 1 aliphatic rings. The van der Waals surface area contributed by atoms with Gasteiger partial charge in [0.2, 0.25) is 5.88 Å². The summed E-state index contributed by atoms with van der Waals surface area (Å²) in [4.78, 5) is 4.34. The van der Waals surface area contributed by atoms with Crippen molar-refractivity contribution in [2.45, 2.75) is 18.9 Å². The van der Waals surface area contributed by atoms with Crippen LogP contribution in [0.15, 0.2) is 59.3 Å². The van der Waals surface area contributed by atoms with E-state index in [0.717, 1.165) is 24.2 Å². The predicted molar refractivity (Wildman–Crippen MR) is 101 cm³/mol. The molecule has 0 saturated heterocycles. The number of aromatic nitrogens is 2. The summed E-state index contributed by atoms with van der Waals surface area (Å²) < 4.78 is 27.0. The number of ether oxygens (including phenoxy) is 4. The van der Waals surface area contributed by atoms with Crippen molar-refractivity contribution in [1.82, 2.24) is 10.1 Å². The summed E-state index contributed by atoms with van der Waals surface area (Å²) in [7, 11) is 1.55. The highest BCUT2D eigenvalue weighted by Gasteiger charge is 2.31. The van der Waals surface area contributed by atoms with Gasteiger partial charge >= 0.3 is 0 Å². The first-order chi connectivity index (χ1) is 13.8. The minimum Gasteiger partial charge on any atom is -0.490 e. The van der Waals surface area contributed by atoms with Gasteiger partial charge in [-0.3, -0.25) is 0 Å². The van der Waals surface area contributed by atoms with Gasteiger partial charge in [-0.25, -0.2) is 4.98 Å². The van der Waals surface area contributed by atoms with Crippen LogP contribution in [0.3, 0.4) is 0 Å². The third-order valence-corrected chi connectivity index (χ3v) is 4.54. The Balaban J connectivity index is 1.22. The SMILES string of the molecule is COCOc1cc(-c2ccc(OCC3CC(Oc4ccccc4)C3)nc2)on1. The number of hydrogen-bond donors (Lipinski definition) is 0. The summed E-state index contributed by atoms with van der Waals surface area (Å²) >= 11 is 0. The summed E-state index contributed by atoms with van der Waals surface area (Å²) in [5.74, 6) is 2.95. The molecule has 0 radical (unpaired) electrons. The third kappa shape index (κ3) is 4.61. The van der Waals surface area contributed by atoms with E-state index in [4.69, 9.17) is 23.5 Å². The Hall–Kier alpha value is -3.06. The fourth-order valence-corrected chi connectivity index (χ4v) is 3.00. The molecular weight excluding hydrogens is 360 g/mol. The molecule has 2 aromatic heterocycles. The maximum atomic E-state index is 5.92. The van der Waals surface area contributed by atoms with Crippen LogP contribution in [0.4, 0.5) is 0 Å². The van der Waals surface area contributed by atoms with Gasteiger partial charge in [-0.1, -0.05) is 18.2 Å².